The van der Waals surface area contributed by atoms with E-state index in [0.29, 0.717) is 5.92 Å². The number of carbonyl (C=O) groups excluding carboxylic acids is 1. The van der Waals surface area contributed by atoms with Gasteiger partial charge in [0.1, 0.15) is 6.10 Å². The Morgan fingerprint density at radius 1 is 1.36 bits per heavy atom. The molecule has 0 heterocycles. The van der Waals surface area contributed by atoms with Crippen molar-refractivity contribution >= 4 is 6.08 Å². The first-order valence-corrected chi connectivity index (χ1v) is 4.71. The minimum absolute atomic E-state index is 0.00298. The Bertz CT molecular complexity index is 241. The molecule has 14 heavy (non-hydrogen) atoms. The van der Waals surface area contributed by atoms with Crippen LogP contribution in [-0.2, 0) is 9.53 Å². The highest BCUT2D eigenvalue weighted by atomic mass is 16.5. The van der Waals surface area contributed by atoms with Crippen molar-refractivity contribution < 1.29 is 9.53 Å². The summed E-state index contributed by atoms with van der Waals surface area (Å²) in [6.45, 7) is 5.78. The Morgan fingerprint density at radius 2 is 2.00 bits per heavy atom. The summed E-state index contributed by atoms with van der Waals surface area (Å²) in [6.07, 6.45) is 4.75. The molecular weight excluding hydrogens is 180 g/mol. The molecule has 3 atom stereocenters. The molecule has 4 nitrogen and oxygen atoms in total. The number of aliphatic imine (C=N–C) groups is 1. The van der Waals surface area contributed by atoms with Crippen LogP contribution in [0.5, 0.6) is 0 Å². The second kappa shape index (κ2) is 7.11. The molecule has 0 radical (unpaired) electrons. The minimum atomic E-state index is -0.0672. The summed E-state index contributed by atoms with van der Waals surface area (Å²) in [5.74, 6) is 0.380. The second-order valence-corrected chi connectivity index (χ2v) is 3.67. The predicted octanol–water partition coefficient (Wildman–Crippen LogP) is 2.01. The Labute approximate surface area is 84.6 Å². The van der Waals surface area contributed by atoms with Crippen LogP contribution in [0, 0.1) is 17.4 Å². The molecular formula is C10H16N2O2. The Balaban J connectivity index is 3.80. The normalized spacial score (nSPS) is 15.9. The van der Waals surface area contributed by atoms with E-state index in [1.54, 1.807) is 12.3 Å². The SMILES string of the molecule is CC(CC(C)N=C=O)CC(C)OC#N. The summed E-state index contributed by atoms with van der Waals surface area (Å²) in [5, 5.41) is 8.27. The smallest absolute Gasteiger partial charge is 0.286 e. The molecule has 0 N–H and O–H groups in total. The van der Waals surface area contributed by atoms with Crippen LogP contribution in [0.2, 0.25) is 0 Å². The molecule has 0 aliphatic carbocycles. The number of isocyanates is 1. The number of hydrogen-bond acceptors (Lipinski definition) is 4. The fraction of sp³-hybridized carbons (Fsp3) is 0.800. The van der Waals surface area contributed by atoms with Crippen molar-refractivity contribution in [2.45, 2.75) is 45.8 Å². The number of ether oxygens (including phenoxy) is 1. The van der Waals surface area contributed by atoms with Crippen molar-refractivity contribution in [3.8, 4) is 6.26 Å². The molecule has 0 aromatic carbocycles. The van der Waals surface area contributed by atoms with E-state index in [4.69, 9.17) is 10.00 Å². The van der Waals surface area contributed by atoms with Gasteiger partial charge in [-0.15, -0.1) is 0 Å². The largest absolute Gasteiger partial charge is 0.424 e. The summed E-state index contributed by atoms with van der Waals surface area (Å²) in [5.41, 5.74) is 0. The molecule has 4 heteroatoms. The van der Waals surface area contributed by atoms with Crippen LogP contribution in [0.3, 0.4) is 0 Å². The van der Waals surface area contributed by atoms with Gasteiger partial charge < -0.3 is 4.74 Å². The molecule has 0 saturated carbocycles. The minimum Gasteiger partial charge on any atom is -0.424 e. The van der Waals surface area contributed by atoms with E-state index in [0.717, 1.165) is 12.8 Å². The molecule has 0 fully saturated rings. The van der Waals surface area contributed by atoms with Crippen molar-refractivity contribution in [3.05, 3.63) is 0 Å². The van der Waals surface area contributed by atoms with Gasteiger partial charge >= 0.3 is 0 Å². The molecule has 0 saturated heterocycles. The average molecular weight is 196 g/mol. The lowest BCUT2D eigenvalue weighted by molar-refractivity contribution is 0.148. The number of hydrogen-bond donors (Lipinski definition) is 0. The van der Waals surface area contributed by atoms with Crippen LogP contribution in [0.1, 0.15) is 33.6 Å². The van der Waals surface area contributed by atoms with Crippen molar-refractivity contribution in [1.29, 1.82) is 5.26 Å². The topological polar surface area (TPSA) is 62.4 Å². The van der Waals surface area contributed by atoms with Gasteiger partial charge in [0.2, 0.25) is 6.08 Å². The summed E-state index contributed by atoms with van der Waals surface area (Å²) in [4.78, 5) is 13.6. The zero-order valence-electron chi connectivity index (χ0n) is 8.86. The molecule has 0 aromatic rings. The van der Waals surface area contributed by atoms with Crippen molar-refractivity contribution in [3.63, 3.8) is 0 Å². The molecule has 78 valence electrons. The van der Waals surface area contributed by atoms with Crippen molar-refractivity contribution in [2.75, 3.05) is 0 Å². The Kier molecular flexibility index (Phi) is 6.43. The van der Waals surface area contributed by atoms with E-state index in [-0.39, 0.29) is 12.1 Å². The number of nitrogens with zero attached hydrogens (tertiary/aromatic N) is 2. The first-order chi connectivity index (χ1) is 6.60. The lowest BCUT2D eigenvalue weighted by Crippen LogP contribution is -2.13. The van der Waals surface area contributed by atoms with E-state index < -0.39 is 0 Å². The molecule has 0 aliphatic rings. The van der Waals surface area contributed by atoms with Gasteiger partial charge in [0, 0.05) is 0 Å². The van der Waals surface area contributed by atoms with Gasteiger partial charge in [-0.2, -0.15) is 5.26 Å². The average Bonchev–Trinajstić information content (AvgIpc) is 2.03. The fourth-order valence-corrected chi connectivity index (χ4v) is 1.53. The standard InChI is InChI=1S/C10H16N2O2/c1-8(4-9(2)12-7-13)5-10(3)14-6-11/h8-10H,4-5H2,1-3H3. The van der Waals surface area contributed by atoms with Crippen LogP contribution in [0.15, 0.2) is 4.99 Å². The van der Waals surface area contributed by atoms with E-state index in [1.165, 1.54) is 0 Å². The summed E-state index contributed by atoms with van der Waals surface area (Å²) < 4.78 is 4.75. The lowest BCUT2D eigenvalue weighted by Gasteiger charge is -2.16. The highest BCUT2D eigenvalue weighted by Gasteiger charge is 2.12. The molecule has 0 aliphatic heterocycles. The summed E-state index contributed by atoms with van der Waals surface area (Å²) in [6, 6.07) is -0.00298. The van der Waals surface area contributed by atoms with Crippen LogP contribution >= 0.6 is 0 Å². The number of nitriles is 1. The second-order valence-electron chi connectivity index (χ2n) is 3.67. The quantitative estimate of drug-likeness (QED) is 0.371. The monoisotopic (exact) mass is 196 g/mol. The zero-order valence-corrected chi connectivity index (χ0v) is 8.86. The van der Waals surface area contributed by atoms with Gasteiger partial charge in [-0.3, -0.25) is 0 Å². The summed E-state index contributed by atoms with van der Waals surface area (Å²) >= 11 is 0. The zero-order chi connectivity index (χ0) is 11.0. The maximum absolute atomic E-state index is 9.96. The first-order valence-electron chi connectivity index (χ1n) is 4.71. The van der Waals surface area contributed by atoms with E-state index in [1.807, 2.05) is 20.8 Å². The van der Waals surface area contributed by atoms with Gasteiger partial charge in [0.15, 0.2) is 0 Å². The molecule has 0 bridgehead atoms. The first kappa shape index (κ1) is 12.7. The molecule has 0 rings (SSSR count). The van der Waals surface area contributed by atoms with Crippen molar-refractivity contribution in [2.24, 2.45) is 10.9 Å². The van der Waals surface area contributed by atoms with Crippen LogP contribution in [0.4, 0.5) is 0 Å². The number of rotatable bonds is 6. The fourth-order valence-electron chi connectivity index (χ4n) is 1.53. The van der Waals surface area contributed by atoms with E-state index in [9.17, 15) is 4.79 Å². The molecule has 3 unspecified atom stereocenters. The Hall–Kier alpha value is -1.33. The van der Waals surface area contributed by atoms with Gasteiger partial charge in [-0.25, -0.2) is 9.79 Å². The van der Waals surface area contributed by atoms with E-state index in [2.05, 4.69) is 4.99 Å². The van der Waals surface area contributed by atoms with Crippen molar-refractivity contribution in [1.82, 2.24) is 0 Å². The van der Waals surface area contributed by atoms with Gasteiger partial charge in [0.05, 0.1) is 6.04 Å². The Morgan fingerprint density at radius 3 is 2.50 bits per heavy atom. The maximum atomic E-state index is 9.96. The highest BCUT2D eigenvalue weighted by molar-refractivity contribution is 5.33. The van der Waals surface area contributed by atoms with Gasteiger partial charge in [-0.05, 0) is 32.6 Å². The van der Waals surface area contributed by atoms with Gasteiger partial charge in [-0.1, -0.05) is 6.92 Å². The third-order valence-electron chi connectivity index (χ3n) is 2.00. The maximum Gasteiger partial charge on any atom is 0.286 e. The summed E-state index contributed by atoms with van der Waals surface area (Å²) in [7, 11) is 0. The lowest BCUT2D eigenvalue weighted by atomic mass is 9.97. The highest BCUT2D eigenvalue weighted by Crippen LogP contribution is 2.15. The third kappa shape index (κ3) is 6.22. The van der Waals surface area contributed by atoms with E-state index >= 15 is 0 Å². The van der Waals surface area contributed by atoms with Gasteiger partial charge in [0.25, 0.3) is 6.26 Å². The van der Waals surface area contributed by atoms with Crippen LogP contribution in [0.25, 0.3) is 0 Å². The predicted molar refractivity (Wildman–Crippen MR) is 52.1 cm³/mol. The molecule has 0 aromatic heterocycles. The third-order valence-corrected chi connectivity index (χ3v) is 2.00. The molecule has 0 amide bonds. The van der Waals surface area contributed by atoms with Crippen LogP contribution in [-0.4, -0.2) is 18.2 Å². The van der Waals surface area contributed by atoms with Crippen LogP contribution < -0.4 is 0 Å². The molecule has 0 spiro atoms.